The van der Waals surface area contributed by atoms with Gasteiger partial charge in [-0.2, -0.15) is 0 Å². The molecule has 2 rings (SSSR count). The van der Waals surface area contributed by atoms with E-state index in [9.17, 15) is 9.59 Å². The van der Waals surface area contributed by atoms with E-state index in [0.717, 1.165) is 5.56 Å². The molecule has 0 bridgehead atoms. The zero-order valence-electron chi connectivity index (χ0n) is 10.7. The first-order chi connectivity index (χ1) is 9.60. The summed E-state index contributed by atoms with van der Waals surface area (Å²) in [7, 11) is 1.52. The van der Waals surface area contributed by atoms with Crippen LogP contribution in [0.1, 0.15) is 12.0 Å². The minimum absolute atomic E-state index is 0.0397. The van der Waals surface area contributed by atoms with Gasteiger partial charge in [0.1, 0.15) is 0 Å². The van der Waals surface area contributed by atoms with E-state index in [2.05, 4.69) is 15.5 Å². The number of carboxylic acids is 1. The maximum Gasteiger partial charge on any atom is 0.353 e. The first-order valence-corrected chi connectivity index (χ1v) is 5.82. The molecule has 106 valence electrons. The number of hydrogen-bond acceptors (Lipinski definition) is 6. The molecule has 1 aliphatic rings. The predicted octanol–water partition coefficient (Wildman–Crippen LogP) is -0.0641. The van der Waals surface area contributed by atoms with E-state index in [-0.39, 0.29) is 18.7 Å². The normalized spacial score (nSPS) is 17.1. The highest BCUT2D eigenvalue weighted by Gasteiger charge is 2.31. The van der Waals surface area contributed by atoms with E-state index in [1.165, 1.54) is 7.11 Å². The van der Waals surface area contributed by atoms with Crippen LogP contribution in [0.4, 0.5) is 0 Å². The van der Waals surface area contributed by atoms with Crippen LogP contribution in [0, 0.1) is 0 Å². The first kappa shape index (κ1) is 13.8. The van der Waals surface area contributed by atoms with Crippen molar-refractivity contribution in [3.8, 4) is 5.88 Å². The van der Waals surface area contributed by atoms with Crippen LogP contribution in [0.5, 0.6) is 5.88 Å². The minimum atomic E-state index is -1.18. The number of hydrogen-bond donors (Lipinski definition) is 2. The molecule has 1 aliphatic heterocycles. The molecule has 1 unspecified atom stereocenters. The molecular formula is C12H13N3O5. The molecule has 1 amide bonds. The van der Waals surface area contributed by atoms with E-state index in [1.807, 2.05) is 0 Å². The number of nitrogens with zero attached hydrogens (tertiary/aromatic N) is 2. The molecule has 1 aromatic rings. The van der Waals surface area contributed by atoms with Gasteiger partial charge in [0, 0.05) is 25.2 Å². The number of amides is 1. The van der Waals surface area contributed by atoms with Crippen LogP contribution in [-0.2, 0) is 21.0 Å². The van der Waals surface area contributed by atoms with E-state index >= 15 is 0 Å². The Bertz CT molecular complexity index is 541. The number of carbonyl (C=O) groups excluding carboxylic acids is 1. The second kappa shape index (κ2) is 6.00. The summed E-state index contributed by atoms with van der Waals surface area (Å²) in [5.41, 5.74) is 0.632. The number of rotatable bonds is 5. The molecule has 1 atom stereocenters. The average molecular weight is 279 g/mol. The molecule has 0 aromatic carbocycles. The Labute approximate surface area is 114 Å². The number of pyridine rings is 1. The van der Waals surface area contributed by atoms with Crippen LogP contribution >= 0.6 is 0 Å². The van der Waals surface area contributed by atoms with Crippen molar-refractivity contribution in [3.63, 3.8) is 0 Å². The van der Waals surface area contributed by atoms with Gasteiger partial charge < -0.3 is 20.0 Å². The number of ether oxygens (including phenoxy) is 1. The summed E-state index contributed by atoms with van der Waals surface area (Å²) < 4.78 is 4.92. The van der Waals surface area contributed by atoms with Gasteiger partial charge in [-0.05, 0) is 5.56 Å². The lowest BCUT2D eigenvalue weighted by atomic mass is 10.1. The monoisotopic (exact) mass is 279 g/mol. The standard InChI is InChI=1S/C12H13N3O5/c1-19-10-3-2-7(5-13-10)6-14-11(16)9-4-8(12(17)18)15-20-9/h2-3,5,9H,4,6H2,1H3,(H,14,16)(H,17,18). The zero-order valence-corrected chi connectivity index (χ0v) is 10.7. The fourth-order valence-corrected chi connectivity index (χ4v) is 1.58. The van der Waals surface area contributed by atoms with Gasteiger partial charge in [-0.25, -0.2) is 9.78 Å². The molecular weight excluding hydrogens is 266 g/mol. The zero-order chi connectivity index (χ0) is 14.5. The summed E-state index contributed by atoms with van der Waals surface area (Å²) in [6, 6.07) is 3.44. The van der Waals surface area contributed by atoms with Gasteiger partial charge in [0.05, 0.1) is 7.11 Å². The van der Waals surface area contributed by atoms with Crippen LogP contribution in [-0.4, -0.2) is 40.9 Å². The lowest BCUT2D eigenvalue weighted by Gasteiger charge is -2.09. The molecule has 8 heteroatoms. The van der Waals surface area contributed by atoms with Crippen molar-refractivity contribution in [3.05, 3.63) is 23.9 Å². The molecule has 20 heavy (non-hydrogen) atoms. The fraction of sp³-hybridized carbons (Fsp3) is 0.333. The maximum absolute atomic E-state index is 11.8. The number of oxime groups is 1. The number of methoxy groups -OCH3 is 1. The summed E-state index contributed by atoms with van der Waals surface area (Å²) in [5, 5.41) is 14.7. The summed E-state index contributed by atoms with van der Waals surface area (Å²) >= 11 is 0. The van der Waals surface area contributed by atoms with E-state index < -0.39 is 18.0 Å². The van der Waals surface area contributed by atoms with Crippen molar-refractivity contribution in [1.82, 2.24) is 10.3 Å². The highest BCUT2D eigenvalue weighted by Crippen LogP contribution is 2.11. The predicted molar refractivity (Wildman–Crippen MR) is 67.2 cm³/mol. The third kappa shape index (κ3) is 3.22. The summed E-state index contributed by atoms with van der Waals surface area (Å²) in [4.78, 5) is 31.2. The third-order valence-corrected chi connectivity index (χ3v) is 2.68. The number of carbonyl (C=O) groups is 2. The Morgan fingerprint density at radius 2 is 2.35 bits per heavy atom. The van der Waals surface area contributed by atoms with Crippen molar-refractivity contribution < 1.29 is 24.3 Å². The van der Waals surface area contributed by atoms with E-state index in [4.69, 9.17) is 14.7 Å². The minimum Gasteiger partial charge on any atom is -0.481 e. The van der Waals surface area contributed by atoms with E-state index in [1.54, 1.807) is 18.3 Å². The van der Waals surface area contributed by atoms with Gasteiger partial charge in [-0.15, -0.1) is 0 Å². The molecule has 2 heterocycles. The van der Waals surface area contributed by atoms with Crippen molar-refractivity contribution in [2.24, 2.45) is 5.16 Å². The molecule has 2 N–H and O–H groups in total. The van der Waals surface area contributed by atoms with Crippen molar-refractivity contribution in [2.75, 3.05) is 7.11 Å². The molecule has 1 aromatic heterocycles. The number of aliphatic carboxylic acids is 1. The van der Waals surface area contributed by atoms with Crippen LogP contribution in [0.15, 0.2) is 23.5 Å². The van der Waals surface area contributed by atoms with Crippen molar-refractivity contribution in [1.29, 1.82) is 0 Å². The number of aromatic nitrogens is 1. The lowest BCUT2D eigenvalue weighted by molar-refractivity contribution is -0.131. The van der Waals surface area contributed by atoms with Gasteiger partial charge in [0.2, 0.25) is 12.0 Å². The van der Waals surface area contributed by atoms with Gasteiger partial charge in [0.25, 0.3) is 5.91 Å². The van der Waals surface area contributed by atoms with Crippen LogP contribution in [0.2, 0.25) is 0 Å². The first-order valence-electron chi connectivity index (χ1n) is 5.82. The Morgan fingerprint density at radius 3 is 2.90 bits per heavy atom. The molecule has 0 fully saturated rings. The topological polar surface area (TPSA) is 110 Å². The lowest BCUT2D eigenvalue weighted by Crippen LogP contribution is -2.34. The second-order valence-electron chi connectivity index (χ2n) is 4.07. The average Bonchev–Trinajstić information content (AvgIpc) is 2.95. The second-order valence-corrected chi connectivity index (χ2v) is 4.07. The Morgan fingerprint density at radius 1 is 1.55 bits per heavy atom. The van der Waals surface area contributed by atoms with Crippen LogP contribution in [0.3, 0.4) is 0 Å². The highest BCUT2D eigenvalue weighted by atomic mass is 16.6. The third-order valence-electron chi connectivity index (χ3n) is 2.68. The maximum atomic E-state index is 11.8. The molecule has 0 saturated carbocycles. The number of carboxylic acid groups (broad SMARTS) is 1. The van der Waals surface area contributed by atoms with Crippen molar-refractivity contribution in [2.45, 2.75) is 19.1 Å². The van der Waals surface area contributed by atoms with Crippen LogP contribution < -0.4 is 10.1 Å². The van der Waals surface area contributed by atoms with Crippen LogP contribution in [0.25, 0.3) is 0 Å². The largest absolute Gasteiger partial charge is 0.481 e. The molecule has 8 nitrogen and oxygen atoms in total. The van der Waals surface area contributed by atoms with E-state index in [0.29, 0.717) is 5.88 Å². The Kier molecular flexibility index (Phi) is 4.14. The molecule has 0 saturated heterocycles. The molecule has 0 spiro atoms. The fourth-order valence-electron chi connectivity index (χ4n) is 1.58. The van der Waals surface area contributed by atoms with Crippen molar-refractivity contribution >= 4 is 17.6 Å². The summed E-state index contributed by atoms with van der Waals surface area (Å²) in [6.07, 6.45) is 0.642. The summed E-state index contributed by atoms with van der Waals surface area (Å²) in [6.45, 7) is 0.262. The van der Waals surface area contributed by atoms with Gasteiger partial charge in [0.15, 0.2) is 5.71 Å². The van der Waals surface area contributed by atoms with Gasteiger partial charge in [-0.1, -0.05) is 11.2 Å². The quantitative estimate of drug-likeness (QED) is 0.781. The molecule has 0 aliphatic carbocycles. The molecule has 0 radical (unpaired) electrons. The van der Waals surface area contributed by atoms with Gasteiger partial charge in [-0.3, -0.25) is 4.79 Å². The summed E-state index contributed by atoms with van der Waals surface area (Å²) in [5.74, 6) is -1.11. The SMILES string of the molecule is COc1ccc(CNC(=O)C2CC(C(=O)O)=NO2)cn1. The Balaban J connectivity index is 1.82. The van der Waals surface area contributed by atoms with Gasteiger partial charge >= 0.3 is 5.97 Å². The smallest absolute Gasteiger partial charge is 0.353 e. The Hall–Kier alpha value is -2.64. The number of nitrogens with one attached hydrogen (secondary N) is 1. The highest BCUT2D eigenvalue weighted by molar-refractivity contribution is 6.36.